The molecule has 0 saturated carbocycles. The normalized spacial score (nSPS) is 17.7. The Kier molecular flexibility index (Phi) is 3.56. The van der Waals surface area contributed by atoms with Crippen LogP contribution in [0.25, 0.3) is 0 Å². The summed E-state index contributed by atoms with van der Waals surface area (Å²) in [6.07, 6.45) is 4.13. The number of fused-ring (bicyclic) bond motifs is 2. The second-order valence-corrected chi connectivity index (χ2v) is 7.82. The van der Waals surface area contributed by atoms with Crippen LogP contribution in [0.1, 0.15) is 28.9 Å². The first-order chi connectivity index (χ1) is 11.6. The summed E-state index contributed by atoms with van der Waals surface area (Å²) in [6, 6.07) is 6.80. The van der Waals surface area contributed by atoms with E-state index in [1.165, 1.54) is 10.5 Å². The first-order valence-corrected chi connectivity index (χ1v) is 9.48. The average molecular weight is 346 g/mol. The van der Waals surface area contributed by atoms with Crippen LogP contribution >= 0.6 is 0 Å². The summed E-state index contributed by atoms with van der Waals surface area (Å²) in [6.45, 7) is 1.23. The van der Waals surface area contributed by atoms with Gasteiger partial charge in [-0.25, -0.2) is 8.42 Å². The number of nitrogens with one attached hydrogen (secondary N) is 1. The van der Waals surface area contributed by atoms with Crippen molar-refractivity contribution in [1.29, 1.82) is 0 Å². The Labute approximate surface area is 140 Å². The number of sulfonamides is 1. The van der Waals surface area contributed by atoms with E-state index >= 15 is 0 Å². The fraction of sp³-hybridized carbons (Fsp3) is 0.375. The van der Waals surface area contributed by atoms with Crippen molar-refractivity contribution < 1.29 is 13.2 Å². The zero-order chi connectivity index (χ0) is 16.7. The molecule has 4 rings (SSSR count). The molecule has 1 aromatic carbocycles. The van der Waals surface area contributed by atoms with Gasteiger partial charge in [-0.05, 0) is 31.4 Å². The minimum absolute atomic E-state index is 0.204. The van der Waals surface area contributed by atoms with E-state index in [-0.39, 0.29) is 23.9 Å². The Morgan fingerprint density at radius 3 is 2.83 bits per heavy atom. The van der Waals surface area contributed by atoms with Crippen LogP contribution in [0.15, 0.2) is 35.4 Å². The second-order valence-electron chi connectivity index (χ2n) is 5.99. The quantitative estimate of drug-likeness (QED) is 0.884. The van der Waals surface area contributed by atoms with Gasteiger partial charge in [0.25, 0.3) is 15.9 Å². The van der Waals surface area contributed by atoms with Crippen molar-refractivity contribution in [3.63, 3.8) is 0 Å². The van der Waals surface area contributed by atoms with E-state index in [1.807, 2.05) is 0 Å². The smallest absolute Gasteiger partial charge is 0.267 e. The fourth-order valence-corrected chi connectivity index (χ4v) is 5.02. The summed E-state index contributed by atoms with van der Waals surface area (Å²) >= 11 is 0. The number of aromatic nitrogens is 2. The highest BCUT2D eigenvalue weighted by Crippen LogP contribution is 2.31. The van der Waals surface area contributed by atoms with Crippen LogP contribution in [0.3, 0.4) is 0 Å². The summed E-state index contributed by atoms with van der Waals surface area (Å²) < 4.78 is 29.7. The SMILES string of the molecule is O=C1NCCN(S(=O)(=O)c2cnn3c2CCCC3)c2ccccc21. The van der Waals surface area contributed by atoms with Crippen LogP contribution in [0.4, 0.5) is 5.69 Å². The molecule has 0 bridgehead atoms. The van der Waals surface area contributed by atoms with Gasteiger partial charge in [0.2, 0.25) is 0 Å². The monoisotopic (exact) mass is 346 g/mol. The molecule has 0 atom stereocenters. The van der Waals surface area contributed by atoms with Gasteiger partial charge in [-0.2, -0.15) is 5.10 Å². The lowest BCUT2D eigenvalue weighted by Gasteiger charge is -2.24. The van der Waals surface area contributed by atoms with Crippen molar-refractivity contribution in [1.82, 2.24) is 15.1 Å². The first kappa shape index (κ1) is 15.2. The highest BCUT2D eigenvalue weighted by molar-refractivity contribution is 7.92. The Hall–Kier alpha value is -2.35. The third-order valence-electron chi connectivity index (χ3n) is 4.53. The Morgan fingerprint density at radius 1 is 1.12 bits per heavy atom. The number of hydrogen-bond donors (Lipinski definition) is 1. The molecule has 1 amide bonds. The summed E-state index contributed by atoms with van der Waals surface area (Å²) in [5, 5.41) is 6.98. The van der Waals surface area contributed by atoms with Crippen molar-refractivity contribution >= 4 is 21.6 Å². The largest absolute Gasteiger partial charge is 0.350 e. The molecule has 0 fully saturated rings. The molecule has 126 valence electrons. The van der Waals surface area contributed by atoms with Crippen LogP contribution in [-0.2, 0) is 23.0 Å². The van der Waals surface area contributed by atoms with E-state index in [9.17, 15) is 13.2 Å². The predicted molar refractivity (Wildman–Crippen MR) is 88.5 cm³/mol. The number of benzene rings is 1. The van der Waals surface area contributed by atoms with Crippen molar-refractivity contribution in [2.24, 2.45) is 0 Å². The third-order valence-corrected chi connectivity index (χ3v) is 6.39. The molecule has 0 saturated heterocycles. The van der Waals surface area contributed by atoms with Crippen LogP contribution in [0.2, 0.25) is 0 Å². The second kappa shape index (κ2) is 5.62. The van der Waals surface area contributed by atoms with Gasteiger partial charge in [0.15, 0.2) is 0 Å². The number of rotatable bonds is 2. The summed E-state index contributed by atoms with van der Waals surface area (Å²) in [5.74, 6) is -0.250. The molecule has 7 nitrogen and oxygen atoms in total. The maximum atomic E-state index is 13.3. The molecule has 2 aromatic rings. The van der Waals surface area contributed by atoms with Gasteiger partial charge in [-0.1, -0.05) is 12.1 Å². The van der Waals surface area contributed by atoms with Gasteiger partial charge >= 0.3 is 0 Å². The molecular weight excluding hydrogens is 328 g/mol. The molecule has 0 unspecified atom stereocenters. The lowest BCUT2D eigenvalue weighted by Crippen LogP contribution is -2.35. The van der Waals surface area contributed by atoms with E-state index in [2.05, 4.69) is 10.4 Å². The van der Waals surface area contributed by atoms with Crippen molar-refractivity contribution in [3.05, 3.63) is 41.7 Å². The average Bonchev–Trinajstić information content (AvgIpc) is 2.95. The molecular formula is C16H18N4O3S. The minimum Gasteiger partial charge on any atom is -0.350 e. The summed E-state index contributed by atoms with van der Waals surface area (Å²) in [4.78, 5) is 12.4. The molecule has 2 aliphatic heterocycles. The molecule has 1 aromatic heterocycles. The van der Waals surface area contributed by atoms with Crippen LogP contribution in [0.5, 0.6) is 0 Å². The number of nitrogens with zero attached hydrogens (tertiary/aromatic N) is 3. The van der Waals surface area contributed by atoms with Gasteiger partial charge in [0.05, 0.1) is 29.7 Å². The standard InChI is InChI=1S/C16H18N4O3S/c21-16-12-5-1-2-6-13(12)20(10-8-17-16)24(22,23)15-11-18-19-9-4-3-7-14(15)19/h1-2,5-6,11H,3-4,7-10H2,(H,17,21). The van der Waals surface area contributed by atoms with Gasteiger partial charge in [0, 0.05) is 13.1 Å². The van der Waals surface area contributed by atoms with Crippen LogP contribution < -0.4 is 9.62 Å². The molecule has 0 spiro atoms. The molecule has 0 aliphatic carbocycles. The van der Waals surface area contributed by atoms with Gasteiger partial charge < -0.3 is 5.32 Å². The van der Waals surface area contributed by atoms with Crippen molar-refractivity contribution in [2.75, 3.05) is 17.4 Å². The third kappa shape index (κ3) is 2.29. The molecule has 24 heavy (non-hydrogen) atoms. The van der Waals surface area contributed by atoms with Crippen LogP contribution in [0, 0.1) is 0 Å². The van der Waals surface area contributed by atoms with Crippen molar-refractivity contribution in [2.45, 2.75) is 30.7 Å². The molecule has 2 aliphatic rings. The molecule has 0 radical (unpaired) electrons. The highest BCUT2D eigenvalue weighted by Gasteiger charge is 2.34. The zero-order valence-corrected chi connectivity index (χ0v) is 13.9. The lowest BCUT2D eigenvalue weighted by atomic mass is 10.1. The number of carbonyl (C=O) groups excluding carboxylic acids is 1. The summed E-state index contributed by atoms with van der Waals surface area (Å²) in [7, 11) is -3.76. The maximum absolute atomic E-state index is 13.3. The topological polar surface area (TPSA) is 84.3 Å². The number of amides is 1. The van der Waals surface area contributed by atoms with Gasteiger partial charge in [-0.15, -0.1) is 0 Å². The van der Waals surface area contributed by atoms with Crippen LogP contribution in [-0.4, -0.2) is 37.2 Å². The number of para-hydroxylation sites is 1. The Bertz CT molecular complexity index is 904. The number of anilines is 1. The van der Waals surface area contributed by atoms with Gasteiger partial charge in [-0.3, -0.25) is 13.8 Å². The molecule has 3 heterocycles. The Balaban J connectivity index is 1.84. The van der Waals surface area contributed by atoms with Crippen molar-refractivity contribution in [3.8, 4) is 0 Å². The zero-order valence-electron chi connectivity index (χ0n) is 13.1. The van der Waals surface area contributed by atoms with Gasteiger partial charge in [0.1, 0.15) is 4.90 Å². The molecule has 1 N–H and O–H groups in total. The van der Waals surface area contributed by atoms with E-state index in [0.717, 1.165) is 25.1 Å². The van der Waals surface area contributed by atoms with E-state index in [1.54, 1.807) is 28.9 Å². The Morgan fingerprint density at radius 2 is 1.96 bits per heavy atom. The number of aryl methyl sites for hydroxylation is 1. The minimum atomic E-state index is -3.76. The van der Waals surface area contributed by atoms with E-state index in [4.69, 9.17) is 0 Å². The highest BCUT2D eigenvalue weighted by atomic mass is 32.2. The number of carbonyl (C=O) groups is 1. The van der Waals surface area contributed by atoms with E-state index in [0.29, 0.717) is 17.7 Å². The predicted octanol–water partition coefficient (Wildman–Crippen LogP) is 1.16. The number of hydrogen-bond acceptors (Lipinski definition) is 4. The summed E-state index contributed by atoms with van der Waals surface area (Å²) in [5.41, 5.74) is 1.56. The lowest BCUT2D eigenvalue weighted by molar-refractivity contribution is 0.0958. The maximum Gasteiger partial charge on any atom is 0.267 e. The first-order valence-electron chi connectivity index (χ1n) is 8.04. The molecule has 8 heteroatoms. The van der Waals surface area contributed by atoms with E-state index < -0.39 is 10.0 Å². The fourth-order valence-electron chi connectivity index (χ4n) is 3.35.